The van der Waals surface area contributed by atoms with Crippen LogP contribution < -0.4 is 16.0 Å². The SMILES string of the molecule is CN1CCN(c2ccc(-c3cccc(CN(Cc4cccc(CN)c4)C(=O)C4CC4)c3)cc2NC(=O)c2cccnc2)CC1. The van der Waals surface area contributed by atoms with Crippen molar-refractivity contribution in [1.29, 1.82) is 0 Å². The quantitative estimate of drug-likeness (QED) is 0.266. The monoisotopic (exact) mass is 588 g/mol. The number of piperazine rings is 1. The van der Waals surface area contributed by atoms with E-state index in [1.807, 2.05) is 23.1 Å². The fraction of sp³-hybridized carbons (Fsp3) is 0.306. The van der Waals surface area contributed by atoms with Gasteiger partial charge < -0.3 is 25.8 Å². The normalized spacial score (nSPS) is 15.2. The van der Waals surface area contributed by atoms with E-state index in [2.05, 4.69) is 75.7 Å². The number of nitrogens with one attached hydrogen (secondary N) is 1. The Hall–Kier alpha value is -4.53. The Bertz CT molecular complexity index is 1610. The average Bonchev–Trinajstić information content (AvgIpc) is 3.91. The van der Waals surface area contributed by atoms with Gasteiger partial charge in [0.25, 0.3) is 5.91 Å². The summed E-state index contributed by atoms with van der Waals surface area (Å²) in [5, 5.41) is 3.17. The van der Waals surface area contributed by atoms with Gasteiger partial charge in [0.05, 0.1) is 16.9 Å². The van der Waals surface area contributed by atoms with E-state index in [4.69, 9.17) is 5.73 Å². The van der Waals surface area contributed by atoms with Crippen LogP contribution in [0.25, 0.3) is 11.1 Å². The van der Waals surface area contributed by atoms with E-state index in [-0.39, 0.29) is 17.7 Å². The van der Waals surface area contributed by atoms with E-state index in [0.29, 0.717) is 25.2 Å². The Morgan fingerprint density at radius 3 is 2.27 bits per heavy atom. The molecule has 2 amide bonds. The van der Waals surface area contributed by atoms with E-state index >= 15 is 0 Å². The van der Waals surface area contributed by atoms with Crippen molar-refractivity contribution in [3.8, 4) is 11.1 Å². The van der Waals surface area contributed by atoms with E-state index in [0.717, 1.165) is 78.2 Å². The van der Waals surface area contributed by atoms with E-state index in [9.17, 15) is 9.59 Å². The van der Waals surface area contributed by atoms with Crippen molar-refractivity contribution in [3.05, 3.63) is 114 Å². The highest BCUT2D eigenvalue weighted by Gasteiger charge is 2.33. The first-order valence-electron chi connectivity index (χ1n) is 15.4. The number of nitrogens with two attached hydrogens (primary N) is 1. The molecule has 4 aromatic rings. The molecule has 6 rings (SSSR count). The Kier molecular flexibility index (Phi) is 9.00. The van der Waals surface area contributed by atoms with Crippen molar-refractivity contribution in [2.24, 2.45) is 11.7 Å². The number of aromatic nitrogens is 1. The third-order valence-electron chi connectivity index (χ3n) is 8.48. The van der Waals surface area contributed by atoms with Crippen molar-refractivity contribution in [2.75, 3.05) is 43.4 Å². The third kappa shape index (κ3) is 7.15. The third-order valence-corrected chi connectivity index (χ3v) is 8.48. The highest BCUT2D eigenvalue weighted by molar-refractivity contribution is 6.06. The summed E-state index contributed by atoms with van der Waals surface area (Å²) in [6.07, 6.45) is 5.17. The Labute approximate surface area is 259 Å². The maximum absolute atomic E-state index is 13.3. The number of pyridine rings is 1. The van der Waals surface area contributed by atoms with Gasteiger partial charge in [-0.25, -0.2) is 0 Å². The second-order valence-electron chi connectivity index (χ2n) is 11.9. The van der Waals surface area contributed by atoms with Gasteiger partial charge in [-0.05, 0) is 78.0 Å². The van der Waals surface area contributed by atoms with Crippen LogP contribution >= 0.6 is 0 Å². The lowest BCUT2D eigenvalue weighted by Gasteiger charge is -2.35. The molecule has 8 nitrogen and oxygen atoms in total. The summed E-state index contributed by atoms with van der Waals surface area (Å²) in [4.78, 5) is 37.3. The van der Waals surface area contributed by atoms with Crippen LogP contribution in [0.2, 0.25) is 0 Å². The van der Waals surface area contributed by atoms with Crippen LogP contribution in [0.1, 0.15) is 39.9 Å². The van der Waals surface area contributed by atoms with Gasteiger partial charge >= 0.3 is 0 Å². The largest absolute Gasteiger partial charge is 0.367 e. The zero-order valence-electron chi connectivity index (χ0n) is 25.3. The number of rotatable bonds is 10. The number of hydrogen-bond acceptors (Lipinski definition) is 6. The molecule has 2 heterocycles. The average molecular weight is 589 g/mol. The van der Waals surface area contributed by atoms with Crippen LogP contribution in [0.4, 0.5) is 11.4 Å². The predicted molar refractivity (Wildman–Crippen MR) is 175 cm³/mol. The number of benzene rings is 3. The smallest absolute Gasteiger partial charge is 0.257 e. The Morgan fingerprint density at radius 1 is 0.864 bits per heavy atom. The summed E-state index contributed by atoms with van der Waals surface area (Å²) in [5.41, 5.74) is 13.4. The molecular formula is C36H40N6O2. The van der Waals surface area contributed by atoms with Crippen LogP contribution in [-0.2, 0) is 24.4 Å². The van der Waals surface area contributed by atoms with Crippen LogP contribution in [0, 0.1) is 5.92 Å². The van der Waals surface area contributed by atoms with Crippen molar-refractivity contribution in [1.82, 2.24) is 14.8 Å². The lowest BCUT2D eigenvalue weighted by atomic mass is 10.0. The van der Waals surface area contributed by atoms with Crippen molar-refractivity contribution >= 4 is 23.2 Å². The molecule has 0 bridgehead atoms. The van der Waals surface area contributed by atoms with Crippen LogP contribution in [0.15, 0.2) is 91.3 Å². The summed E-state index contributed by atoms with van der Waals surface area (Å²) in [6.45, 7) is 5.27. The summed E-state index contributed by atoms with van der Waals surface area (Å²) in [5.74, 6) is 0.154. The van der Waals surface area contributed by atoms with E-state index < -0.39 is 0 Å². The molecule has 0 spiro atoms. The minimum absolute atomic E-state index is 0.129. The molecule has 2 aliphatic rings. The maximum atomic E-state index is 13.3. The van der Waals surface area contributed by atoms with Gasteiger partial charge in [-0.1, -0.05) is 48.5 Å². The number of anilines is 2. The predicted octanol–water partition coefficient (Wildman–Crippen LogP) is 5.15. The summed E-state index contributed by atoms with van der Waals surface area (Å²) in [6, 6.07) is 26.4. The number of hydrogen-bond donors (Lipinski definition) is 2. The fourth-order valence-electron chi connectivity index (χ4n) is 5.78. The molecular weight excluding hydrogens is 548 g/mol. The van der Waals surface area contributed by atoms with Gasteiger partial charge in [0.15, 0.2) is 0 Å². The first-order valence-corrected chi connectivity index (χ1v) is 15.4. The van der Waals surface area contributed by atoms with Gasteiger partial charge in [-0.3, -0.25) is 14.6 Å². The van der Waals surface area contributed by atoms with E-state index in [1.54, 1.807) is 24.5 Å². The summed E-state index contributed by atoms with van der Waals surface area (Å²) in [7, 11) is 2.13. The highest BCUT2D eigenvalue weighted by Crippen LogP contribution is 2.34. The van der Waals surface area contributed by atoms with Gasteiger partial charge in [-0.15, -0.1) is 0 Å². The molecule has 3 N–H and O–H groups in total. The van der Waals surface area contributed by atoms with E-state index in [1.165, 1.54) is 0 Å². The molecule has 1 saturated heterocycles. The molecule has 1 aliphatic carbocycles. The van der Waals surface area contributed by atoms with Crippen molar-refractivity contribution in [3.63, 3.8) is 0 Å². The molecule has 226 valence electrons. The fourth-order valence-corrected chi connectivity index (χ4v) is 5.78. The summed E-state index contributed by atoms with van der Waals surface area (Å²) < 4.78 is 0. The first-order chi connectivity index (χ1) is 21.5. The second kappa shape index (κ2) is 13.4. The maximum Gasteiger partial charge on any atom is 0.257 e. The molecule has 0 unspecified atom stereocenters. The molecule has 1 aliphatic heterocycles. The molecule has 3 aromatic carbocycles. The van der Waals surface area contributed by atoms with Gasteiger partial charge in [0.2, 0.25) is 5.91 Å². The summed E-state index contributed by atoms with van der Waals surface area (Å²) >= 11 is 0. The second-order valence-corrected chi connectivity index (χ2v) is 11.9. The van der Waals surface area contributed by atoms with Crippen molar-refractivity contribution in [2.45, 2.75) is 32.5 Å². The number of amides is 2. The van der Waals surface area contributed by atoms with Crippen LogP contribution in [-0.4, -0.2) is 59.8 Å². The highest BCUT2D eigenvalue weighted by atomic mass is 16.2. The first kappa shape index (κ1) is 29.5. The zero-order chi connectivity index (χ0) is 30.5. The minimum Gasteiger partial charge on any atom is -0.367 e. The molecule has 0 atom stereocenters. The minimum atomic E-state index is -0.188. The van der Waals surface area contributed by atoms with Gasteiger partial charge in [0.1, 0.15) is 0 Å². The topological polar surface area (TPSA) is 94.8 Å². The molecule has 0 radical (unpaired) electrons. The lowest BCUT2D eigenvalue weighted by molar-refractivity contribution is -0.133. The standard InChI is InChI=1S/C36H40N6O2/c1-40-15-17-41(18-16-40)34-13-12-31(21-33(34)39-35(43)32-9-4-14-38-23-32)30-8-3-7-28(20-30)25-42(36(44)29-10-11-29)24-27-6-2-5-26(19-27)22-37/h2-9,12-14,19-21,23,29H,10-11,15-18,22,24-25,37H2,1H3,(H,39,43). The molecule has 44 heavy (non-hydrogen) atoms. The number of nitrogens with zero attached hydrogens (tertiary/aromatic N) is 4. The zero-order valence-corrected chi connectivity index (χ0v) is 25.3. The molecule has 2 fully saturated rings. The number of carbonyl (C=O) groups excluding carboxylic acids is 2. The van der Waals surface area contributed by atoms with Crippen LogP contribution in [0.3, 0.4) is 0 Å². The molecule has 1 aromatic heterocycles. The molecule has 8 heteroatoms. The van der Waals surface area contributed by atoms with Gasteiger partial charge in [0, 0.05) is 64.1 Å². The lowest BCUT2D eigenvalue weighted by Crippen LogP contribution is -2.44. The molecule has 1 saturated carbocycles. The Balaban J connectivity index is 1.27. The van der Waals surface area contributed by atoms with Crippen molar-refractivity contribution < 1.29 is 9.59 Å². The number of carbonyl (C=O) groups is 2. The Morgan fingerprint density at radius 2 is 1.57 bits per heavy atom. The number of likely N-dealkylation sites (N-methyl/N-ethyl adjacent to an activating group) is 1. The van der Waals surface area contributed by atoms with Crippen LogP contribution in [0.5, 0.6) is 0 Å². The van der Waals surface area contributed by atoms with Gasteiger partial charge in [-0.2, -0.15) is 0 Å².